The standard InChI is InChI=1S/C33H32ClN3O3/c1-7-22(4)40-23(5)19-37(6)33(39)24-12-14-25(15-13-24)35-32(38)28-18-30(26-10-8-9-11-29(26)34)36-31-21(3)16-20(2)17-27(28)31/h7-18H,5,19H2,1-4,6H3,(H,35,38)/b22-7-. The molecule has 3 aromatic carbocycles. The van der Waals surface area contributed by atoms with Crippen molar-refractivity contribution in [2.45, 2.75) is 27.7 Å². The number of likely N-dealkylation sites (N-methyl/N-ethyl adjacent to an activating group) is 1. The Labute approximate surface area is 239 Å². The van der Waals surface area contributed by atoms with E-state index < -0.39 is 0 Å². The number of halogens is 1. The van der Waals surface area contributed by atoms with E-state index >= 15 is 0 Å². The number of aryl methyl sites for hydroxylation is 2. The van der Waals surface area contributed by atoms with Crippen molar-refractivity contribution >= 4 is 40.0 Å². The molecule has 0 radical (unpaired) electrons. The van der Waals surface area contributed by atoms with E-state index in [1.165, 1.54) is 4.90 Å². The van der Waals surface area contributed by atoms with Crippen molar-refractivity contribution in [2.75, 3.05) is 18.9 Å². The lowest BCUT2D eigenvalue weighted by Crippen LogP contribution is -2.29. The molecule has 0 unspecified atom stereocenters. The Morgan fingerprint density at radius 1 is 1.07 bits per heavy atom. The van der Waals surface area contributed by atoms with Gasteiger partial charge in [-0.3, -0.25) is 9.59 Å². The number of amides is 2. The number of pyridine rings is 1. The Morgan fingerprint density at radius 3 is 2.45 bits per heavy atom. The molecule has 0 aliphatic rings. The minimum Gasteiger partial charge on any atom is -0.465 e. The molecule has 1 aromatic heterocycles. The first-order valence-electron chi connectivity index (χ1n) is 12.9. The molecule has 7 heteroatoms. The highest BCUT2D eigenvalue weighted by molar-refractivity contribution is 6.33. The molecule has 1 heterocycles. The van der Waals surface area contributed by atoms with E-state index in [0.29, 0.717) is 33.3 Å². The molecule has 204 valence electrons. The number of hydrogen-bond donors (Lipinski definition) is 1. The molecule has 0 aliphatic heterocycles. The van der Waals surface area contributed by atoms with E-state index in [-0.39, 0.29) is 18.4 Å². The lowest BCUT2D eigenvalue weighted by molar-refractivity contribution is 0.0787. The molecule has 6 nitrogen and oxygen atoms in total. The molecule has 0 saturated carbocycles. The molecule has 2 amide bonds. The SMILES string of the molecule is C=C(CN(C)C(=O)c1ccc(NC(=O)c2cc(-c3ccccc3Cl)nc3c(C)cc(C)cc23)cc1)O/C(C)=C\C. The minimum absolute atomic E-state index is 0.184. The highest BCUT2D eigenvalue weighted by Gasteiger charge is 2.18. The molecule has 0 aliphatic carbocycles. The van der Waals surface area contributed by atoms with Crippen molar-refractivity contribution in [3.05, 3.63) is 118 Å². The van der Waals surface area contributed by atoms with Crippen molar-refractivity contribution in [3.63, 3.8) is 0 Å². The highest BCUT2D eigenvalue weighted by Crippen LogP contribution is 2.32. The fourth-order valence-corrected chi connectivity index (χ4v) is 4.68. The second-order valence-corrected chi connectivity index (χ2v) is 10.2. The predicted octanol–water partition coefficient (Wildman–Crippen LogP) is 7.95. The number of rotatable bonds is 8. The van der Waals surface area contributed by atoms with Crippen LogP contribution in [0.25, 0.3) is 22.2 Å². The third-order valence-corrected chi connectivity index (χ3v) is 6.83. The largest absolute Gasteiger partial charge is 0.465 e. The van der Waals surface area contributed by atoms with E-state index in [0.717, 1.165) is 33.4 Å². The van der Waals surface area contributed by atoms with Gasteiger partial charge in [-0.1, -0.05) is 48.0 Å². The van der Waals surface area contributed by atoms with Gasteiger partial charge in [0.25, 0.3) is 11.8 Å². The van der Waals surface area contributed by atoms with Crippen molar-refractivity contribution < 1.29 is 14.3 Å². The zero-order chi connectivity index (χ0) is 29.0. The topological polar surface area (TPSA) is 71.5 Å². The number of nitrogens with one attached hydrogen (secondary N) is 1. The van der Waals surface area contributed by atoms with Gasteiger partial charge in [0.05, 0.1) is 29.1 Å². The molecule has 4 rings (SSSR count). The third kappa shape index (κ3) is 6.41. The molecule has 4 aromatic rings. The zero-order valence-corrected chi connectivity index (χ0v) is 24.1. The summed E-state index contributed by atoms with van der Waals surface area (Å²) in [6.07, 6.45) is 1.83. The Kier molecular flexibility index (Phi) is 8.70. The number of ether oxygens (including phenoxy) is 1. The van der Waals surface area contributed by atoms with Crippen LogP contribution in [0.3, 0.4) is 0 Å². The summed E-state index contributed by atoms with van der Waals surface area (Å²) in [4.78, 5) is 32.9. The van der Waals surface area contributed by atoms with Crippen molar-refractivity contribution in [1.29, 1.82) is 0 Å². The summed E-state index contributed by atoms with van der Waals surface area (Å²) in [6, 6.07) is 20.0. The lowest BCUT2D eigenvalue weighted by Gasteiger charge is -2.19. The molecule has 1 N–H and O–H groups in total. The first-order valence-corrected chi connectivity index (χ1v) is 13.3. The number of allylic oxidation sites excluding steroid dienone is 2. The maximum atomic E-state index is 13.6. The number of benzene rings is 3. The summed E-state index contributed by atoms with van der Waals surface area (Å²) >= 11 is 6.47. The van der Waals surface area contributed by atoms with E-state index in [1.54, 1.807) is 43.4 Å². The Hall–Kier alpha value is -4.42. The van der Waals surface area contributed by atoms with E-state index in [1.807, 2.05) is 64.1 Å². The number of carbonyl (C=O) groups is 2. The molecular weight excluding hydrogens is 522 g/mol. The van der Waals surface area contributed by atoms with Crippen LogP contribution in [-0.4, -0.2) is 35.3 Å². The number of aromatic nitrogens is 1. The van der Waals surface area contributed by atoms with Crippen molar-refractivity contribution in [3.8, 4) is 11.3 Å². The van der Waals surface area contributed by atoms with Gasteiger partial charge in [-0.2, -0.15) is 0 Å². The van der Waals surface area contributed by atoms with E-state index in [2.05, 4.69) is 11.9 Å². The van der Waals surface area contributed by atoms with Crippen molar-refractivity contribution in [1.82, 2.24) is 9.88 Å². The van der Waals surface area contributed by atoms with Gasteiger partial charge in [0.1, 0.15) is 5.76 Å². The third-order valence-electron chi connectivity index (χ3n) is 6.50. The zero-order valence-electron chi connectivity index (χ0n) is 23.3. The molecule has 0 fully saturated rings. The van der Waals surface area contributed by atoms with Crippen LogP contribution in [0, 0.1) is 13.8 Å². The van der Waals surface area contributed by atoms with Crippen LogP contribution >= 0.6 is 11.6 Å². The van der Waals surface area contributed by atoms with Gasteiger partial charge in [-0.25, -0.2) is 4.98 Å². The second kappa shape index (κ2) is 12.2. The second-order valence-electron chi connectivity index (χ2n) is 9.75. The average molecular weight is 554 g/mol. The number of carbonyl (C=O) groups excluding carboxylic acids is 2. The summed E-state index contributed by atoms with van der Waals surface area (Å²) < 4.78 is 5.56. The van der Waals surface area contributed by atoms with Crippen LogP contribution in [0.2, 0.25) is 5.02 Å². The quantitative estimate of drug-likeness (QED) is 0.225. The summed E-state index contributed by atoms with van der Waals surface area (Å²) in [6.45, 7) is 11.8. The molecular formula is C33H32ClN3O3. The Morgan fingerprint density at radius 2 is 1.77 bits per heavy atom. The van der Waals surface area contributed by atoms with Crippen LogP contribution < -0.4 is 5.32 Å². The maximum absolute atomic E-state index is 13.6. The fraction of sp³-hybridized carbons (Fsp3) is 0.182. The Balaban J connectivity index is 1.59. The van der Waals surface area contributed by atoms with Crippen LogP contribution in [0.1, 0.15) is 45.7 Å². The molecule has 0 spiro atoms. The lowest BCUT2D eigenvalue weighted by atomic mass is 9.99. The number of nitrogens with zero attached hydrogens (tertiary/aromatic N) is 2. The van der Waals surface area contributed by atoms with E-state index in [4.69, 9.17) is 21.3 Å². The predicted molar refractivity (Wildman–Crippen MR) is 163 cm³/mol. The van der Waals surface area contributed by atoms with Crippen LogP contribution in [0.4, 0.5) is 5.69 Å². The maximum Gasteiger partial charge on any atom is 0.256 e. The van der Waals surface area contributed by atoms with Crippen molar-refractivity contribution in [2.24, 2.45) is 0 Å². The van der Waals surface area contributed by atoms with Crippen LogP contribution in [0.15, 0.2) is 90.9 Å². The van der Waals surface area contributed by atoms with E-state index in [9.17, 15) is 9.59 Å². The average Bonchev–Trinajstić information content (AvgIpc) is 2.92. The van der Waals surface area contributed by atoms with Gasteiger partial charge < -0.3 is 15.0 Å². The summed E-state index contributed by atoms with van der Waals surface area (Å²) in [5.74, 6) is 0.727. The highest BCUT2D eigenvalue weighted by atomic mass is 35.5. The van der Waals surface area contributed by atoms with Gasteiger partial charge in [-0.15, -0.1) is 0 Å². The summed E-state index contributed by atoms with van der Waals surface area (Å²) in [5, 5.41) is 4.29. The van der Waals surface area contributed by atoms with Crippen LogP contribution in [-0.2, 0) is 4.74 Å². The van der Waals surface area contributed by atoms with Gasteiger partial charge in [0.15, 0.2) is 0 Å². The van der Waals surface area contributed by atoms with Gasteiger partial charge >= 0.3 is 0 Å². The minimum atomic E-state index is -0.283. The van der Waals surface area contributed by atoms with Crippen LogP contribution in [0.5, 0.6) is 0 Å². The molecule has 0 atom stereocenters. The van der Waals surface area contributed by atoms with Gasteiger partial charge in [0, 0.05) is 34.3 Å². The number of fused-ring (bicyclic) bond motifs is 1. The monoisotopic (exact) mass is 553 g/mol. The molecule has 40 heavy (non-hydrogen) atoms. The smallest absolute Gasteiger partial charge is 0.256 e. The first-order chi connectivity index (χ1) is 19.1. The Bertz CT molecular complexity index is 1640. The molecule has 0 bridgehead atoms. The summed E-state index contributed by atoms with van der Waals surface area (Å²) in [7, 11) is 1.69. The summed E-state index contributed by atoms with van der Waals surface area (Å²) in [5.41, 5.74) is 5.66. The normalized spacial score (nSPS) is 11.3. The van der Waals surface area contributed by atoms with Gasteiger partial charge in [-0.05, 0) is 81.8 Å². The van der Waals surface area contributed by atoms with Gasteiger partial charge in [0.2, 0.25) is 0 Å². The molecule has 0 saturated heterocycles. The number of hydrogen-bond acceptors (Lipinski definition) is 4. The first kappa shape index (κ1) is 28.6. The fourth-order valence-electron chi connectivity index (χ4n) is 4.45. The number of anilines is 1.